The fraction of sp³-hybridized carbons (Fsp3) is 0.526. The van der Waals surface area contributed by atoms with E-state index in [9.17, 15) is 4.79 Å². The number of rotatable bonds is 6. The van der Waals surface area contributed by atoms with Crippen LogP contribution >= 0.6 is 0 Å². The fourth-order valence-corrected chi connectivity index (χ4v) is 3.10. The summed E-state index contributed by atoms with van der Waals surface area (Å²) in [5.74, 6) is 0.561. The molecule has 0 aromatic carbocycles. The summed E-state index contributed by atoms with van der Waals surface area (Å²) >= 11 is 0. The van der Waals surface area contributed by atoms with Crippen LogP contribution in [0.1, 0.15) is 38.3 Å². The molecule has 0 spiro atoms. The zero-order valence-corrected chi connectivity index (χ0v) is 15.1. The summed E-state index contributed by atoms with van der Waals surface area (Å²) in [6, 6.07) is 5.79. The van der Waals surface area contributed by atoms with Crippen LogP contribution in [0.4, 0.5) is 5.82 Å². The Morgan fingerprint density at radius 2 is 2.12 bits per heavy atom. The fourth-order valence-electron chi connectivity index (χ4n) is 3.10. The maximum Gasteiger partial charge on any atom is 0.228 e. The Kier molecular flexibility index (Phi) is 5.81. The number of pyridine rings is 1. The van der Waals surface area contributed by atoms with Crippen LogP contribution in [0.5, 0.6) is 0 Å². The van der Waals surface area contributed by atoms with Gasteiger partial charge in [-0.3, -0.25) is 14.9 Å². The maximum absolute atomic E-state index is 12.4. The number of piperidine rings is 1. The molecule has 2 aromatic rings. The van der Waals surface area contributed by atoms with Crippen molar-refractivity contribution < 1.29 is 4.79 Å². The third kappa shape index (κ3) is 4.89. The van der Waals surface area contributed by atoms with Gasteiger partial charge < -0.3 is 10.2 Å². The highest BCUT2D eigenvalue weighted by Crippen LogP contribution is 2.20. The first-order valence-electron chi connectivity index (χ1n) is 9.13. The summed E-state index contributed by atoms with van der Waals surface area (Å²) in [7, 11) is 0. The number of carbonyl (C=O) groups excluding carboxylic acids is 1. The average Bonchev–Trinajstić information content (AvgIpc) is 3.09. The molecule has 134 valence electrons. The zero-order chi connectivity index (χ0) is 17.6. The molecule has 1 aliphatic rings. The van der Waals surface area contributed by atoms with Gasteiger partial charge in [-0.1, -0.05) is 13.3 Å². The number of nitrogens with one attached hydrogen (secondary N) is 2. The first-order valence-corrected chi connectivity index (χ1v) is 9.13. The molecule has 1 fully saturated rings. The van der Waals surface area contributed by atoms with Gasteiger partial charge in [0.1, 0.15) is 0 Å². The van der Waals surface area contributed by atoms with E-state index in [2.05, 4.69) is 25.4 Å². The van der Waals surface area contributed by atoms with E-state index in [1.807, 2.05) is 32.0 Å². The van der Waals surface area contributed by atoms with E-state index in [1.54, 1.807) is 6.20 Å². The number of aryl methyl sites for hydroxylation is 1. The van der Waals surface area contributed by atoms with Gasteiger partial charge in [0.05, 0.1) is 5.69 Å². The molecule has 3 heterocycles. The Hall–Kier alpha value is -2.21. The molecular weight excluding hydrogens is 314 g/mol. The molecule has 1 aliphatic heterocycles. The predicted octanol–water partition coefficient (Wildman–Crippen LogP) is 3.23. The van der Waals surface area contributed by atoms with Crippen molar-refractivity contribution in [1.82, 2.24) is 20.1 Å². The Bertz CT molecular complexity index is 688. The SMILES string of the molecule is Cc1ccc(-c2cc(NC(=O)C(C)CCN3CCCCC3)n[nH]2)cn1. The summed E-state index contributed by atoms with van der Waals surface area (Å²) in [4.78, 5) is 19.1. The van der Waals surface area contributed by atoms with Gasteiger partial charge in [-0.2, -0.15) is 5.10 Å². The van der Waals surface area contributed by atoms with Gasteiger partial charge >= 0.3 is 0 Å². The second kappa shape index (κ2) is 8.25. The second-order valence-corrected chi connectivity index (χ2v) is 6.94. The number of aromatic nitrogens is 3. The minimum absolute atomic E-state index is 0.0249. The molecule has 1 saturated heterocycles. The highest BCUT2D eigenvalue weighted by molar-refractivity contribution is 5.91. The lowest BCUT2D eigenvalue weighted by molar-refractivity contribution is -0.119. The molecule has 0 radical (unpaired) electrons. The third-order valence-electron chi connectivity index (χ3n) is 4.83. The van der Waals surface area contributed by atoms with E-state index < -0.39 is 0 Å². The summed E-state index contributed by atoms with van der Waals surface area (Å²) in [6.07, 6.45) is 6.58. The quantitative estimate of drug-likeness (QED) is 0.846. The lowest BCUT2D eigenvalue weighted by Gasteiger charge is -2.27. The van der Waals surface area contributed by atoms with E-state index in [0.717, 1.165) is 29.9 Å². The molecule has 25 heavy (non-hydrogen) atoms. The number of likely N-dealkylation sites (tertiary alicyclic amines) is 1. The summed E-state index contributed by atoms with van der Waals surface area (Å²) in [5.41, 5.74) is 2.78. The number of hydrogen-bond donors (Lipinski definition) is 2. The van der Waals surface area contributed by atoms with Gasteiger partial charge in [-0.15, -0.1) is 0 Å². The molecule has 1 unspecified atom stereocenters. The molecule has 6 nitrogen and oxygen atoms in total. The highest BCUT2D eigenvalue weighted by Gasteiger charge is 2.17. The summed E-state index contributed by atoms with van der Waals surface area (Å²) in [6.45, 7) is 7.27. The van der Waals surface area contributed by atoms with Crippen molar-refractivity contribution in [1.29, 1.82) is 0 Å². The van der Waals surface area contributed by atoms with Crippen molar-refractivity contribution in [3.8, 4) is 11.3 Å². The van der Waals surface area contributed by atoms with Crippen molar-refractivity contribution in [3.05, 3.63) is 30.1 Å². The van der Waals surface area contributed by atoms with Crippen LogP contribution in [0.2, 0.25) is 0 Å². The molecular formula is C19H27N5O. The smallest absolute Gasteiger partial charge is 0.228 e. The van der Waals surface area contributed by atoms with Crippen molar-refractivity contribution in [2.24, 2.45) is 5.92 Å². The van der Waals surface area contributed by atoms with Crippen LogP contribution in [0.15, 0.2) is 24.4 Å². The minimum Gasteiger partial charge on any atom is -0.309 e. The second-order valence-electron chi connectivity index (χ2n) is 6.94. The van der Waals surface area contributed by atoms with E-state index >= 15 is 0 Å². The molecule has 3 rings (SSSR count). The predicted molar refractivity (Wildman–Crippen MR) is 99.3 cm³/mol. The monoisotopic (exact) mass is 341 g/mol. The molecule has 2 aromatic heterocycles. The van der Waals surface area contributed by atoms with Crippen LogP contribution in [0, 0.1) is 12.8 Å². The van der Waals surface area contributed by atoms with E-state index in [1.165, 1.54) is 32.4 Å². The normalized spacial score (nSPS) is 16.6. The molecule has 0 bridgehead atoms. The highest BCUT2D eigenvalue weighted by atomic mass is 16.1. The summed E-state index contributed by atoms with van der Waals surface area (Å²) in [5, 5.41) is 10.1. The van der Waals surface area contributed by atoms with Gasteiger partial charge in [-0.25, -0.2) is 0 Å². The average molecular weight is 341 g/mol. The van der Waals surface area contributed by atoms with Gasteiger partial charge in [0, 0.05) is 29.4 Å². The lowest BCUT2D eigenvalue weighted by Crippen LogP contribution is -2.33. The van der Waals surface area contributed by atoms with Crippen molar-refractivity contribution >= 4 is 11.7 Å². The number of H-pyrrole nitrogens is 1. The van der Waals surface area contributed by atoms with Gasteiger partial charge in [0.15, 0.2) is 5.82 Å². The van der Waals surface area contributed by atoms with Crippen LogP contribution < -0.4 is 5.32 Å². The number of hydrogen-bond acceptors (Lipinski definition) is 4. The van der Waals surface area contributed by atoms with Gasteiger partial charge in [0.25, 0.3) is 0 Å². The lowest BCUT2D eigenvalue weighted by atomic mass is 10.1. The number of carbonyl (C=O) groups is 1. The molecule has 6 heteroatoms. The molecule has 0 saturated carbocycles. The van der Waals surface area contributed by atoms with Crippen LogP contribution in [-0.4, -0.2) is 45.6 Å². The van der Waals surface area contributed by atoms with Crippen LogP contribution in [0.25, 0.3) is 11.3 Å². The number of anilines is 1. The summed E-state index contributed by atoms with van der Waals surface area (Å²) < 4.78 is 0. The molecule has 1 amide bonds. The van der Waals surface area contributed by atoms with Gasteiger partial charge in [-0.05, 0) is 58.0 Å². The molecule has 2 N–H and O–H groups in total. The Morgan fingerprint density at radius 1 is 1.32 bits per heavy atom. The van der Waals surface area contributed by atoms with E-state index in [0.29, 0.717) is 5.82 Å². The van der Waals surface area contributed by atoms with Gasteiger partial charge in [0.2, 0.25) is 5.91 Å². The van der Waals surface area contributed by atoms with Crippen LogP contribution in [-0.2, 0) is 4.79 Å². The van der Waals surface area contributed by atoms with E-state index in [-0.39, 0.29) is 11.8 Å². The largest absolute Gasteiger partial charge is 0.309 e. The Balaban J connectivity index is 1.51. The van der Waals surface area contributed by atoms with Crippen molar-refractivity contribution in [2.45, 2.75) is 39.5 Å². The van der Waals surface area contributed by atoms with Crippen molar-refractivity contribution in [2.75, 3.05) is 25.0 Å². The minimum atomic E-state index is -0.0249. The number of amides is 1. The molecule has 0 aliphatic carbocycles. The molecule has 1 atom stereocenters. The maximum atomic E-state index is 12.4. The van der Waals surface area contributed by atoms with Crippen LogP contribution in [0.3, 0.4) is 0 Å². The van der Waals surface area contributed by atoms with E-state index in [4.69, 9.17) is 0 Å². The Morgan fingerprint density at radius 3 is 2.84 bits per heavy atom. The first-order chi connectivity index (χ1) is 12.1. The van der Waals surface area contributed by atoms with Crippen molar-refractivity contribution in [3.63, 3.8) is 0 Å². The first kappa shape index (κ1) is 17.6. The Labute approximate surface area is 149 Å². The number of aromatic amines is 1. The standard InChI is InChI=1S/C19H27N5O/c1-14(8-11-24-9-4-3-5-10-24)19(25)21-18-12-17(22-23-18)16-7-6-15(2)20-13-16/h6-7,12-14H,3-5,8-11H2,1-2H3,(H2,21,22,23,25). The zero-order valence-electron chi connectivity index (χ0n) is 15.1. The third-order valence-corrected chi connectivity index (χ3v) is 4.83. The topological polar surface area (TPSA) is 73.9 Å². The number of nitrogens with zero attached hydrogens (tertiary/aromatic N) is 3.